The first kappa shape index (κ1) is 72.3. The fraction of sp³-hybridized carbons (Fsp3) is 0.912. The van der Waals surface area contributed by atoms with Crippen LogP contribution in [-0.4, -0.2) is 47.4 Å². The van der Waals surface area contributed by atoms with Crippen LogP contribution in [0.1, 0.15) is 373 Å². The monoisotopic (exact) mass is 1040 g/mol. The summed E-state index contributed by atoms with van der Waals surface area (Å²) in [7, 11) is 0. The van der Waals surface area contributed by atoms with E-state index in [1.807, 2.05) is 0 Å². The predicted molar refractivity (Wildman–Crippen MR) is 324 cm³/mol. The molecule has 0 rings (SSSR count). The van der Waals surface area contributed by atoms with Crippen LogP contribution in [0.2, 0.25) is 0 Å². The lowest BCUT2D eigenvalue weighted by molar-refractivity contribution is -0.143. The lowest BCUT2D eigenvalue weighted by Gasteiger charge is -2.22. The molecule has 0 heterocycles. The summed E-state index contributed by atoms with van der Waals surface area (Å²) in [6.07, 6.45) is 79.2. The van der Waals surface area contributed by atoms with Gasteiger partial charge >= 0.3 is 5.97 Å². The third-order valence-corrected chi connectivity index (χ3v) is 15.8. The number of rotatable bonds is 63. The van der Waals surface area contributed by atoms with Crippen LogP contribution in [0.15, 0.2) is 24.3 Å². The zero-order valence-corrected chi connectivity index (χ0v) is 50.1. The van der Waals surface area contributed by atoms with E-state index in [1.54, 1.807) is 0 Å². The molecule has 6 nitrogen and oxygen atoms in total. The Morgan fingerprint density at radius 1 is 0.378 bits per heavy atom. The molecular weight excluding hydrogens is 911 g/mol. The van der Waals surface area contributed by atoms with E-state index in [-0.39, 0.29) is 18.5 Å². The van der Waals surface area contributed by atoms with E-state index in [2.05, 4.69) is 43.5 Å². The van der Waals surface area contributed by atoms with E-state index in [1.165, 1.54) is 295 Å². The van der Waals surface area contributed by atoms with Gasteiger partial charge in [0.1, 0.15) is 0 Å². The highest BCUT2D eigenvalue weighted by molar-refractivity contribution is 5.76. The molecule has 0 aliphatic rings. The van der Waals surface area contributed by atoms with Gasteiger partial charge in [-0.1, -0.05) is 327 Å². The number of aliphatic hydroxyl groups excluding tert-OH is 2. The minimum atomic E-state index is -0.666. The van der Waals surface area contributed by atoms with Crippen molar-refractivity contribution in [2.45, 2.75) is 386 Å². The Morgan fingerprint density at radius 2 is 0.676 bits per heavy atom. The van der Waals surface area contributed by atoms with Crippen molar-refractivity contribution in [3.63, 3.8) is 0 Å². The van der Waals surface area contributed by atoms with Crippen LogP contribution in [-0.2, 0) is 14.3 Å². The largest absolute Gasteiger partial charge is 0.466 e. The molecule has 0 spiro atoms. The number of esters is 1. The average Bonchev–Trinajstić information content (AvgIpc) is 3.40. The van der Waals surface area contributed by atoms with Gasteiger partial charge in [0.25, 0.3) is 0 Å². The van der Waals surface area contributed by atoms with Crippen LogP contribution < -0.4 is 5.32 Å². The maximum atomic E-state index is 12.5. The van der Waals surface area contributed by atoms with Crippen LogP contribution in [0.25, 0.3) is 0 Å². The number of carbonyl (C=O) groups is 2. The summed E-state index contributed by atoms with van der Waals surface area (Å²) in [5, 5.41) is 23.3. The molecule has 2 atom stereocenters. The normalized spacial score (nSPS) is 12.6. The van der Waals surface area contributed by atoms with Crippen molar-refractivity contribution in [1.82, 2.24) is 5.32 Å². The van der Waals surface area contributed by atoms with Crippen molar-refractivity contribution < 1.29 is 24.5 Å². The topological polar surface area (TPSA) is 95.9 Å². The van der Waals surface area contributed by atoms with Gasteiger partial charge in [-0.2, -0.15) is 0 Å². The van der Waals surface area contributed by atoms with Crippen molar-refractivity contribution >= 4 is 11.9 Å². The van der Waals surface area contributed by atoms with Crippen LogP contribution in [0.4, 0.5) is 0 Å². The molecule has 0 fully saturated rings. The van der Waals surface area contributed by atoms with Gasteiger partial charge in [0.05, 0.1) is 25.4 Å². The molecule has 0 bridgehead atoms. The number of amides is 1. The number of carbonyl (C=O) groups excluding carboxylic acids is 2. The number of aliphatic hydroxyl groups is 2. The molecule has 0 saturated heterocycles. The SMILES string of the molecule is CCCCCCCCCCCCCCCCCC(=O)OCCCCCCCCCCC/C=C\C/C=C\CCCCCCCCCCCCCC(=O)NC(CO)C(O)CCCCCCCCCCCCCCCCC. The second kappa shape index (κ2) is 63.9. The van der Waals surface area contributed by atoms with E-state index >= 15 is 0 Å². The first-order valence-corrected chi connectivity index (χ1v) is 33.6. The number of unbranched alkanes of at least 4 members (excludes halogenated alkanes) is 48. The molecule has 0 radical (unpaired) electrons. The van der Waals surface area contributed by atoms with E-state index < -0.39 is 12.1 Å². The standard InChI is InChI=1S/C68H131NO5/c1-3-5-7-9-11-13-15-17-32-36-40-44-48-52-56-60-66(71)65(64-70)69-67(72)61-57-53-49-45-41-37-34-30-28-26-24-22-20-19-21-23-25-27-29-31-35-39-43-47-51-55-59-63-74-68(73)62-58-54-50-46-42-38-33-18-16-14-12-10-8-6-4-2/h19-20,23,25,65-66,70-71H,3-18,21-22,24,26-64H2,1-2H3,(H,69,72)/b20-19-,25-23-. The molecule has 0 aliphatic carbocycles. The summed E-state index contributed by atoms with van der Waals surface area (Å²) in [6.45, 7) is 4.98. The summed E-state index contributed by atoms with van der Waals surface area (Å²) in [4.78, 5) is 24.6. The van der Waals surface area contributed by atoms with Gasteiger partial charge in [-0.15, -0.1) is 0 Å². The Balaban J connectivity index is 3.40. The number of hydrogen-bond donors (Lipinski definition) is 3. The maximum Gasteiger partial charge on any atom is 0.305 e. The van der Waals surface area contributed by atoms with Crippen LogP contribution >= 0.6 is 0 Å². The van der Waals surface area contributed by atoms with Gasteiger partial charge in [-0.25, -0.2) is 0 Å². The van der Waals surface area contributed by atoms with Crippen molar-refractivity contribution in [2.75, 3.05) is 13.2 Å². The Labute approximate surface area is 462 Å². The second-order valence-corrected chi connectivity index (χ2v) is 23.2. The van der Waals surface area contributed by atoms with Crippen molar-refractivity contribution in [3.8, 4) is 0 Å². The maximum absolute atomic E-state index is 12.5. The minimum absolute atomic E-state index is 0.0141. The van der Waals surface area contributed by atoms with Crippen LogP contribution in [0.5, 0.6) is 0 Å². The average molecular weight is 1040 g/mol. The first-order valence-electron chi connectivity index (χ1n) is 33.6. The summed E-state index contributed by atoms with van der Waals surface area (Å²) >= 11 is 0. The quantitative estimate of drug-likeness (QED) is 0.0320. The molecule has 0 aromatic carbocycles. The van der Waals surface area contributed by atoms with Gasteiger partial charge in [0, 0.05) is 12.8 Å². The lowest BCUT2D eigenvalue weighted by Crippen LogP contribution is -2.45. The fourth-order valence-corrected chi connectivity index (χ4v) is 10.6. The van der Waals surface area contributed by atoms with Crippen molar-refractivity contribution in [3.05, 3.63) is 24.3 Å². The predicted octanol–water partition coefficient (Wildman–Crippen LogP) is 21.4. The molecule has 0 aromatic rings. The van der Waals surface area contributed by atoms with E-state index in [0.717, 1.165) is 44.9 Å². The molecule has 0 saturated carbocycles. The molecular formula is C68H131NO5. The Bertz CT molecular complexity index is 1150. The molecule has 438 valence electrons. The molecule has 6 heteroatoms. The molecule has 74 heavy (non-hydrogen) atoms. The number of hydrogen-bond acceptors (Lipinski definition) is 5. The fourth-order valence-electron chi connectivity index (χ4n) is 10.6. The number of allylic oxidation sites excluding steroid dienone is 4. The van der Waals surface area contributed by atoms with Crippen molar-refractivity contribution in [2.24, 2.45) is 0 Å². The van der Waals surface area contributed by atoms with Gasteiger partial charge in [-0.3, -0.25) is 9.59 Å². The molecule has 2 unspecified atom stereocenters. The second-order valence-electron chi connectivity index (χ2n) is 23.2. The third kappa shape index (κ3) is 59.6. The number of nitrogens with one attached hydrogen (secondary N) is 1. The summed E-state index contributed by atoms with van der Waals surface area (Å²) in [5.41, 5.74) is 0. The Morgan fingerprint density at radius 3 is 1.03 bits per heavy atom. The van der Waals surface area contributed by atoms with E-state index in [0.29, 0.717) is 25.9 Å². The highest BCUT2D eigenvalue weighted by Gasteiger charge is 2.20. The zero-order chi connectivity index (χ0) is 53.6. The zero-order valence-electron chi connectivity index (χ0n) is 50.1. The minimum Gasteiger partial charge on any atom is -0.466 e. The van der Waals surface area contributed by atoms with Gasteiger partial charge < -0.3 is 20.3 Å². The highest BCUT2D eigenvalue weighted by atomic mass is 16.5. The molecule has 3 N–H and O–H groups in total. The van der Waals surface area contributed by atoms with E-state index in [4.69, 9.17) is 4.74 Å². The Kier molecular flexibility index (Phi) is 62.4. The van der Waals surface area contributed by atoms with Crippen molar-refractivity contribution in [1.29, 1.82) is 0 Å². The van der Waals surface area contributed by atoms with Gasteiger partial charge in [0.2, 0.25) is 5.91 Å². The van der Waals surface area contributed by atoms with Gasteiger partial charge in [0.15, 0.2) is 0 Å². The Hall–Kier alpha value is -1.66. The summed E-state index contributed by atoms with van der Waals surface area (Å²) in [6, 6.07) is -0.543. The summed E-state index contributed by atoms with van der Waals surface area (Å²) in [5.74, 6) is -0.0216. The summed E-state index contributed by atoms with van der Waals surface area (Å²) < 4.78 is 5.49. The lowest BCUT2D eigenvalue weighted by atomic mass is 10.0. The van der Waals surface area contributed by atoms with Crippen LogP contribution in [0.3, 0.4) is 0 Å². The smallest absolute Gasteiger partial charge is 0.305 e. The van der Waals surface area contributed by atoms with E-state index in [9.17, 15) is 19.8 Å². The number of ether oxygens (including phenoxy) is 1. The van der Waals surface area contributed by atoms with Gasteiger partial charge in [-0.05, 0) is 57.8 Å². The third-order valence-electron chi connectivity index (χ3n) is 15.8. The molecule has 0 aromatic heterocycles. The molecule has 1 amide bonds. The first-order chi connectivity index (χ1) is 36.5. The van der Waals surface area contributed by atoms with Crippen LogP contribution in [0, 0.1) is 0 Å². The molecule has 0 aliphatic heterocycles. The highest BCUT2D eigenvalue weighted by Crippen LogP contribution is 2.18.